The number of aromatic amines is 1. The average molecular weight is 452 g/mol. The maximum Gasteiger partial charge on any atom is 0.205 e. The van der Waals surface area contributed by atoms with E-state index in [1.165, 1.54) is 0 Å². The highest BCUT2D eigenvalue weighted by atomic mass is 35.5. The first-order valence-corrected chi connectivity index (χ1v) is 9.89. The Morgan fingerprint density at radius 2 is 1.61 bits per heavy atom. The zero-order chi connectivity index (χ0) is 19.7. The van der Waals surface area contributed by atoms with Crippen LogP contribution in [0.4, 0.5) is 17.3 Å². The van der Waals surface area contributed by atoms with Gasteiger partial charge < -0.3 is 15.6 Å². The number of fused-ring (bicyclic) bond motifs is 1. The Morgan fingerprint density at radius 1 is 0.857 bits per heavy atom. The second-order valence-electron chi connectivity index (χ2n) is 6.13. The maximum absolute atomic E-state index is 6.44. The number of para-hydroxylation sites is 1. The van der Waals surface area contributed by atoms with E-state index in [0.717, 1.165) is 22.3 Å². The van der Waals surface area contributed by atoms with Gasteiger partial charge in [-0.1, -0.05) is 58.5 Å². The van der Waals surface area contributed by atoms with Gasteiger partial charge in [-0.05, 0) is 48.0 Å². The fourth-order valence-corrected chi connectivity index (χ4v) is 3.71. The van der Waals surface area contributed by atoms with Gasteiger partial charge in [0.15, 0.2) is 0 Å². The van der Waals surface area contributed by atoms with Gasteiger partial charge in [-0.25, -0.2) is 4.98 Å². The van der Waals surface area contributed by atoms with Crippen LogP contribution in [0.5, 0.6) is 0 Å². The molecule has 0 fully saturated rings. The van der Waals surface area contributed by atoms with Crippen molar-refractivity contribution in [1.82, 2.24) is 9.97 Å². The molecule has 0 atom stereocenters. The fraction of sp³-hybridized carbons (Fsp3) is 0.0500. The first-order valence-electron chi connectivity index (χ1n) is 8.38. The van der Waals surface area contributed by atoms with Gasteiger partial charge in [-0.3, -0.25) is 0 Å². The standard InChI is InChI=1S/C20H14Cl4N4/c21-12-3-1-4-13(8-12)25-10-11-7-17-18(9-16(11)24)27-20(26-17)28-19-14(22)5-2-6-15(19)23/h1-9,25H,10H2,(H2,26,27,28). The monoisotopic (exact) mass is 450 g/mol. The molecule has 0 saturated carbocycles. The van der Waals surface area contributed by atoms with Gasteiger partial charge in [0, 0.05) is 22.3 Å². The molecule has 142 valence electrons. The topological polar surface area (TPSA) is 52.7 Å². The van der Waals surface area contributed by atoms with E-state index in [-0.39, 0.29) is 0 Å². The number of H-pyrrole nitrogens is 1. The molecule has 28 heavy (non-hydrogen) atoms. The van der Waals surface area contributed by atoms with Gasteiger partial charge in [0.25, 0.3) is 0 Å². The van der Waals surface area contributed by atoms with Crippen molar-refractivity contribution in [2.75, 3.05) is 10.6 Å². The molecule has 4 rings (SSSR count). The molecule has 1 heterocycles. The van der Waals surface area contributed by atoms with Gasteiger partial charge in [0.2, 0.25) is 5.95 Å². The van der Waals surface area contributed by atoms with Crippen LogP contribution in [0.1, 0.15) is 5.56 Å². The molecule has 0 spiro atoms. The molecule has 3 aromatic carbocycles. The van der Waals surface area contributed by atoms with Gasteiger partial charge in [0.1, 0.15) is 0 Å². The molecule has 0 amide bonds. The highest BCUT2D eigenvalue weighted by molar-refractivity contribution is 6.39. The number of aromatic nitrogens is 2. The Labute approximate surface area is 181 Å². The Bertz CT molecular complexity index is 1140. The van der Waals surface area contributed by atoms with Crippen LogP contribution in [-0.2, 0) is 6.54 Å². The Hall–Kier alpha value is -2.11. The minimum absolute atomic E-state index is 0.511. The summed E-state index contributed by atoms with van der Waals surface area (Å²) in [6.07, 6.45) is 0. The van der Waals surface area contributed by atoms with Crippen LogP contribution in [0.25, 0.3) is 11.0 Å². The number of benzene rings is 3. The van der Waals surface area contributed by atoms with Crippen molar-refractivity contribution in [3.63, 3.8) is 0 Å². The summed E-state index contributed by atoms with van der Waals surface area (Å²) in [6, 6.07) is 16.6. The predicted molar refractivity (Wildman–Crippen MR) is 120 cm³/mol. The van der Waals surface area contributed by atoms with E-state index in [1.807, 2.05) is 36.4 Å². The zero-order valence-corrected chi connectivity index (χ0v) is 17.4. The Morgan fingerprint density at radius 3 is 2.36 bits per heavy atom. The van der Waals surface area contributed by atoms with E-state index in [4.69, 9.17) is 46.4 Å². The summed E-state index contributed by atoms with van der Waals surface area (Å²) in [5.74, 6) is 0.529. The number of nitrogens with one attached hydrogen (secondary N) is 3. The summed E-state index contributed by atoms with van der Waals surface area (Å²) >= 11 is 24.9. The van der Waals surface area contributed by atoms with E-state index >= 15 is 0 Å². The lowest BCUT2D eigenvalue weighted by Crippen LogP contribution is -2.00. The first kappa shape index (κ1) is 19.2. The minimum atomic E-state index is 0.511. The highest BCUT2D eigenvalue weighted by Crippen LogP contribution is 2.33. The van der Waals surface area contributed by atoms with Crippen molar-refractivity contribution >= 4 is 74.8 Å². The third-order valence-electron chi connectivity index (χ3n) is 4.16. The number of anilines is 3. The number of hydrogen-bond donors (Lipinski definition) is 3. The summed E-state index contributed by atoms with van der Waals surface area (Å²) in [5, 5.41) is 8.76. The molecule has 0 aliphatic carbocycles. The van der Waals surface area contributed by atoms with Crippen LogP contribution >= 0.6 is 46.4 Å². The van der Waals surface area contributed by atoms with Crippen molar-refractivity contribution < 1.29 is 0 Å². The van der Waals surface area contributed by atoms with E-state index in [9.17, 15) is 0 Å². The summed E-state index contributed by atoms with van der Waals surface area (Å²) in [5.41, 5.74) is 4.03. The lowest BCUT2D eigenvalue weighted by molar-refractivity contribution is 1.15. The Balaban J connectivity index is 1.58. The van der Waals surface area contributed by atoms with Gasteiger partial charge >= 0.3 is 0 Å². The second kappa shape index (κ2) is 8.10. The van der Waals surface area contributed by atoms with E-state index in [0.29, 0.717) is 38.3 Å². The molecular formula is C20H14Cl4N4. The number of nitrogens with zero attached hydrogens (tertiary/aromatic N) is 1. The summed E-state index contributed by atoms with van der Waals surface area (Å²) in [4.78, 5) is 7.74. The quantitative estimate of drug-likeness (QED) is 0.293. The molecule has 0 aliphatic heterocycles. The minimum Gasteiger partial charge on any atom is -0.381 e. The second-order valence-corrected chi connectivity index (χ2v) is 7.79. The van der Waals surface area contributed by atoms with Crippen molar-refractivity contribution in [2.24, 2.45) is 0 Å². The molecule has 0 saturated heterocycles. The van der Waals surface area contributed by atoms with E-state index < -0.39 is 0 Å². The third-order valence-corrected chi connectivity index (χ3v) is 5.38. The highest BCUT2D eigenvalue weighted by Gasteiger charge is 2.11. The van der Waals surface area contributed by atoms with Crippen LogP contribution in [0.2, 0.25) is 20.1 Å². The van der Waals surface area contributed by atoms with Gasteiger partial charge in [-0.2, -0.15) is 0 Å². The molecule has 4 aromatic rings. The van der Waals surface area contributed by atoms with Crippen molar-refractivity contribution in [2.45, 2.75) is 6.54 Å². The normalized spacial score (nSPS) is 11.0. The van der Waals surface area contributed by atoms with Crippen molar-refractivity contribution in [1.29, 1.82) is 0 Å². The predicted octanol–water partition coefficient (Wildman–Crippen LogP) is 7.53. The van der Waals surface area contributed by atoms with Crippen LogP contribution in [0.3, 0.4) is 0 Å². The number of hydrogen-bond acceptors (Lipinski definition) is 3. The van der Waals surface area contributed by atoms with Crippen LogP contribution in [0, 0.1) is 0 Å². The largest absolute Gasteiger partial charge is 0.381 e. The van der Waals surface area contributed by atoms with E-state index in [2.05, 4.69) is 20.6 Å². The molecular weight excluding hydrogens is 438 g/mol. The van der Waals surface area contributed by atoms with Crippen LogP contribution in [0.15, 0.2) is 54.6 Å². The Kier molecular flexibility index (Phi) is 5.56. The number of imidazole rings is 1. The lowest BCUT2D eigenvalue weighted by Gasteiger charge is -2.08. The molecule has 3 N–H and O–H groups in total. The fourth-order valence-electron chi connectivity index (χ4n) is 2.80. The van der Waals surface area contributed by atoms with Crippen LogP contribution < -0.4 is 10.6 Å². The zero-order valence-electron chi connectivity index (χ0n) is 14.4. The van der Waals surface area contributed by atoms with Crippen molar-refractivity contribution in [3.8, 4) is 0 Å². The molecule has 0 bridgehead atoms. The first-order chi connectivity index (χ1) is 13.5. The summed E-state index contributed by atoms with van der Waals surface area (Å²) in [6.45, 7) is 0.549. The van der Waals surface area contributed by atoms with Crippen molar-refractivity contribution in [3.05, 3.63) is 80.3 Å². The molecule has 0 aliphatic rings. The number of rotatable bonds is 5. The molecule has 1 aromatic heterocycles. The summed E-state index contributed by atoms with van der Waals surface area (Å²) < 4.78 is 0. The third kappa shape index (κ3) is 4.15. The lowest BCUT2D eigenvalue weighted by atomic mass is 10.2. The smallest absolute Gasteiger partial charge is 0.205 e. The molecule has 0 radical (unpaired) electrons. The van der Waals surface area contributed by atoms with Gasteiger partial charge in [-0.15, -0.1) is 0 Å². The van der Waals surface area contributed by atoms with E-state index in [1.54, 1.807) is 18.2 Å². The number of halogens is 4. The van der Waals surface area contributed by atoms with Crippen LogP contribution in [-0.4, -0.2) is 9.97 Å². The van der Waals surface area contributed by atoms with Gasteiger partial charge in [0.05, 0.1) is 26.8 Å². The molecule has 0 unspecified atom stereocenters. The summed E-state index contributed by atoms with van der Waals surface area (Å²) in [7, 11) is 0. The SMILES string of the molecule is Clc1cccc(NCc2cc3[nH]c(Nc4c(Cl)cccc4Cl)nc3cc2Cl)c1. The maximum atomic E-state index is 6.44. The average Bonchev–Trinajstić information content (AvgIpc) is 3.04. The molecule has 4 nitrogen and oxygen atoms in total. The molecule has 8 heteroatoms.